The minimum Gasteiger partial charge on any atom is -0.347 e. The molecule has 0 spiro atoms. The first kappa shape index (κ1) is 7.14. The van der Waals surface area contributed by atoms with E-state index in [1.807, 2.05) is 11.9 Å². The van der Waals surface area contributed by atoms with Crippen molar-refractivity contribution in [1.82, 2.24) is 4.90 Å². The second kappa shape index (κ2) is 4.30. The molecule has 0 aromatic rings. The molecule has 0 amide bonds. The fourth-order valence-electron chi connectivity index (χ4n) is 0.391. The molecule has 0 radical (unpaired) electrons. The highest BCUT2D eigenvalue weighted by atomic mass is 15.2. The molecule has 0 atom stereocenters. The van der Waals surface area contributed by atoms with Crippen molar-refractivity contribution < 1.29 is 0 Å². The Hall–Kier alpha value is -0.860. The Kier molecular flexibility index (Phi) is 3.84. The maximum atomic E-state index is 3.77. The largest absolute Gasteiger partial charge is 0.347 e. The number of nitrogens with zero attached hydrogens (tertiary/aromatic N) is 3. The van der Waals surface area contributed by atoms with Gasteiger partial charge in [-0.3, -0.25) is 9.98 Å². The highest BCUT2D eigenvalue weighted by Gasteiger charge is 1.81. The van der Waals surface area contributed by atoms with E-state index in [1.54, 1.807) is 13.4 Å². The van der Waals surface area contributed by atoms with Crippen LogP contribution < -0.4 is 0 Å². The van der Waals surface area contributed by atoms with E-state index in [0.717, 1.165) is 0 Å². The molecule has 0 saturated heterocycles. The summed E-state index contributed by atoms with van der Waals surface area (Å²) in [6, 6.07) is 0. The third kappa shape index (κ3) is 3.33. The molecule has 0 aliphatic heterocycles. The summed E-state index contributed by atoms with van der Waals surface area (Å²) in [4.78, 5) is 9.25. The third-order valence-corrected chi connectivity index (χ3v) is 0.636. The Morgan fingerprint density at radius 1 is 1.75 bits per heavy atom. The van der Waals surface area contributed by atoms with Gasteiger partial charge >= 0.3 is 0 Å². The van der Waals surface area contributed by atoms with E-state index in [2.05, 4.69) is 16.7 Å². The van der Waals surface area contributed by atoms with Crippen LogP contribution in [-0.4, -0.2) is 38.7 Å². The molecule has 0 N–H and O–H groups in total. The first-order valence-corrected chi connectivity index (χ1v) is 2.36. The molecule has 3 nitrogen and oxygen atoms in total. The molecule has 3 heteroatoms. The van der Waals surface area contributed by atoms with Gasteiger partial charge in [0.1, 0.15) is 6.67 Å². The van der Waals surface area contributed by atoms with Gasteiger partial charge < -0.3 is 4.90 Å². The van der Waals surface area contributed by atoms with Gasteiger partial charge in [-0.05, 0) is 6.72 Å². The summed E-state index contributed by atoms with van der Waals surface area (Å²) in [6.07, 6.45) is 1.70. The van der Waals surface area contributed by atoms with E-state index in [0.29, 0.717) is 6.67 Å². The topological polar surface area (TPSA) is 28.0 Å². The van der Waals surface area contributed by atoms with Crippen LogP contribution in [0.5, 0.6) is 0 Å². The number of aliphatic imine (C=N–C) groups is 2. The molecule has 0 rings (SSSR count). The third-order valence-electron chi connectivity index (χ3n) is 0.636. The van der Waals surface area contributed by atoms with Gasteiger partial charge in [-0.25, -0.2) is 0 Å². The summed E-state index contributed by atoms with van der Waals surface area (Å²) in [7, 11) is 3.61. The van der Waals surface area contributed by atoms with Gasteiger partial charge in [0.25, 0.3) is 0 Å². The monoisotopic (exact) mass is 113 g/mol. The van der Waals surface area contributed by atoms with Gasteiger partial charge in [-0.2, -0.15) is 0 Å². The smallest absolute Gasteiger partial charge is 0.109 e. The minimum atomic E-state index is 0.608. The summed E-state index contributed by atoms with van der Waals surface area (Å²) in [6.45, 7) is 3.94. The van der Waals surface area contributed by atoms with Crippen LogP contribution in [0, 0.1) is 0 Å². The molecule has 0 unspecified atom stereocenters. The van der Waals surface area contributed by atoms with Crippen molar-refractivity contribution >= 4 is 13.1 Å². The predicted octanol–water partition coefficient (Wildman–Crippen LogP) is 0.234. The number of hydrogen-bond donors (Lipinski definition) is 0. The Morgan fingerprint density at radius 2 is 2.38 bits per heavy atom. The van der Waals surface area contributed by atoms with Gasteiger partial charge in [0.2, 0.25) is 0 Å². The lowest BCUT2D eigenvalue weighted by Crippen LogP contribution is -2.15. The Balaban J connectivity index is 3.31. The lowest BCUT2D eigenvalue weighted by atomic mass is 10.8. The normalized spacial score (nSPS) is 9.75. The molecular weight excluding hydrogens is 102 g/mol. The second-order valence-corrected chi connectivity index (χ2v) is 1.50. The zero-order chi connectivity index (χ0) is 6.41. The van der Waals surface area contributed by atoms with Crippen molar-refractivity contribution in [2.24, 2.45) is 9.98 Å². The standard InChI is InChI=1S/C5H11N3/c1-6-4-8(3)5-7-2/h5H,1,4H2,2-3H3/b7-5-. The van der Waals surface area contributed by atoms with E-state index < -0.39 is 0 Å². The Morgan fingerprint density at radius 3 is 2.75 bits per heavy atom. The van der Waals surface area contributed by atoms with Crippen molar-refractivity contribution in [3.63, 3.8) is 0 Å². The quantitative estimate of drug-likeness (QED) is 0.380. The molecule has 0 fully saturated rings. The van der Waals surface area contributed by atoms with E-state index in [-0.39, 0.29) is 0 Å². The van der Waals surface area contributed by atoms with Gasteiger partial charge in [0.15, 0.2) is 0 Å². The fraction of sp³-hybridized carbons (Fsp3) is 0.600. The summed E-state index contributed by atoms with van der Waals surface area (Å²) in [5.41, 5.74) is 0. The molecule has 0 aliphatic carbocycles. The van der Waals surface area contributed by atoms with E-state index in [1.165, 1.54) is 0 Å². The van der Waals surface area contributed by atoms with Gasteiger partial charge in [0, 0.05) is 14.1 Å². The molecule has 0 heterocycles. The van der Waals surface area contributed by atoms with Crippen LogP contribution in [0.4, 0.5) is 0 Å². The van der Waals surface area contributed by atoms with Crippen LogP contribution in [-0.2, 0) is 0 Å². The highest BCUT2D eigenvalue weighted by Crippen LogP contribution is 1.73. The molecule has 0 bridgehead atoms. The second-order valence-electron chi connectivity index (χ2n) is 1.50. The van der Waals surface area contributed by atoms with Crippen LogP contribution in [0.25, 0.3) is 0 Å². The zero-order valence-electron chi connectivity index (χ0n) is 5.33. The van der Waals surface area contributed by atoms with Crippen LogP contribution in [0.1, 0.15) is 0 Å². The van der Waals surface area contributed by atoms with E-state index in [9.17, 15) is 0 Å². The lowest BCUT2D eigenvalue weighted by Gasteiger charge is -2.06. The summed E-state index contributed by atoms with van der Waals surface area (Å²) < 4.78 is 0. The summed E-state index contributed by atoms with van der Waals surface area (Å²) in [5.74, 6) is 0. The predicted molar refractivity (Wildman–Crippen MR) is 36.6 cm³/mol. The molecule has 8 heavy (non-hydrogen) atoms. The maximum Gasteiger partial charge on any atom is 0.109 e. The van der Waals surface area contributed by atoms with Crippen LogP contribution >= 0.6 is 0 Å². The average Bonchev–Trinajstić information content (AvgIpc) is 1.68. The van der Waals surface area contributed by atoms with E-state index in [4.69, 9.17) is 0 Å². The van der Waals surface area contributed by atoms with Gasteiger partial charge in [0.05, 0.1) is 6.34 Å². The fourth-order valence-corrected chi connectivity index (χ4v) is 0.391. The SMILES string of the molecule is C=NCN(C)/C=N\C. The van der Waals surface area contributed by atoms with Crippen LogP contribution in [0.2, 0.25) is 0 Å². The number of rotatable bonds is 3. The first-order valence-electron chi connectivity index (χ1n) is 2.36. The van der Waals surface area contributed by atoms with Crippen LogP contribution in [0.3, 0.4) is 0 Å². The number of hydrogen-bond acceptors (Lipinski definition) is 2. The lowest BCUT2D eigenvalue weighted by molar-refractivity contribution is 0.540. The molecule has 0 aliphatic rings. The molecule has 0 saturated carbocycles. The molecule has 46 valence electrons. The summed E-state index contributed by atoms with van der Waals surface area (Å²) >= 11 is 0. The minimum absolute atomic E-state index is 0.608. The molecule has 0 aromatic heterocycles. The highest BCUT2D eigenvalue weighted by molar-refractivity contribution is 5.54. The first-order chi connectivity index (χ1) is 3.81. The summed E-state index contributed by atoms with van der Waals surface area (Å²) in [5, 5.41) is 0. The van der Waals surface area contributed by atoms with Crippen molar-refractivity contribution in [2.45, 2.75) is 0 Å². The van der Waals surface area contributed by atoms with Crippen molar-refractivity contribution in [1.29, 1.82) is 0 Å². The Labute approximate surface area is 49.7 Å². The zero-order valence-corrected chi connectivity index (χ0v) is 5.33. The van der Waals surface area contributed by atoms with Crippen LogP contribution in [0.15, 0.2) is 9.98 Å². The average molecular weight is 113 g/mol. The van der Waals surface area contributed by atoms with Crippen molar-refractivity contribution in [3.05, 3.63) is 0 Å². The van der Waals surface area contributed by atoms with Crippen molar-refractivity contribution in [2.75, 3.05) is 20.8 Å². The van der Waals surface area contributed by atoms with Gasteiger partial charge in [-0.15, -0.1) is 0 Å². The molecular formula is C5H11N3. The van der Waals surface area contributed by atoms with E-state index >= 15 is 0 Å². The van der Waals surface area contributed by atoms with Crippen molar-refractivity contribution in [3.8, 4) is 0 Å². The Bertz CT molecular complexity index is 87.7. The molecule has 0 aromatic carbocycles. The van der Waals surface area contributed by atoms with Gasteiger partial charge in [-0.1, -0.05) is 0 Å². The maximum absolute atomic E-state index is 3.77.